The van der Waals surface area contributed by atoms with Gasteiger partial charge in [-0.15, -0.1) is 0 Å². The van der Waals surface area contributed by atoms with Crippen LogP contribution in [0.15, 0.2) is 40.8 Å². The number of esters is 1. The number of aliphatic carboxylic acids is 1. The summed E-state index contributed by atoms with van der Waals surface area (Å²) >= 11 is 0. The lowest BCUT2D eigenvalue weighted by Gasteiger charge is -2.19. The number of ether oxygens (including phenoxy) is 1. The maximum Gasteiger partial charge on any atom is 0.338 e. The molecular weight excluding hydrogens is 322 g/mol. The standard InChI is InChI=1S/C19H21NO5/c1-19(18(22)23)9-10-20(12-19)11-13-7-8-16(25-13)14-5-3-4-6-15(14)17(21)24-2/h3-8H,9-12H2,1-2H3,(H,22,23). The number of hydrogen-bond acceptors (Lipinski definition) is 5. The summed E-state index contributed by atoms with van der Waals surface area (Å²) in [4.78, 5) is 25.3. The van der Waals surface area contributed by atoms with Gasteiger partial charge in [-0.25, -0.2) is 4.79 Å². The van der Waals surface area contributed by atoms with Gasteiger partial charge in [-0.05, 0) is 38.1 Å². The minimum Gasteiger partial charge on any atom is -0.481 e. The summed E-state index contributed by atoms with van der Waals surface area (Å²) < 4.78 is 10.7. The second-order valence-electron chi connectivity index (χ2n) is 6.63. The second kappa shape index (κ2) is 6.72. The lowest BCUT2D eigenvalue weighted by molar-refractivity contribution is -0.147. The van der Waals surface area contributed by atoms with Gasteiger partial charge in [0, 0.05) is 12.1 Å². The number of rotatable bonds is 5. The molecular formula is C19H21NO5. The Hall–Kier alpha value is -2.60. The Morgan fingerprint density at radius 3 is 2.72 bits per heavy atom. The summed E-state index contributed by atoms with van der Waals surface area (Å²) in [6, 6.07) is 10.8. The highest BCUT2D eigenvalue weighted by Crippen LogP contribution is 2.32. The second-order valence-corrected chi connectivity index (χ2v) is 6.63. The number of hydrogen-bond donors (Lipinski definition) is 1. The molecule has 2 heterocycles. The number of carboxylic acid groups (broad SMARTS) is 1. The van der Waals surface area contributed by atoms with Crippen LogP contribution in [-0.2, 0) is 16.1 Å². The van der Waals surface area contributed by atoms with Gasteiger partial charge in [-0.1, -0.05) is 18.2 Å². The Kier molecular flexibility index (Phi) is 4.63. The third-order valence-corrected chi connectivity index (χ3v) is 4.71. The zero-order chi connectivity index (χ0) is 18.0. The van der Waals surface area contributed by atoms with Crippen LogP contribution in [0.3, 0.4) is 0 Å². The van der Waals surface area contributed by atoms with Crippen molar-refractivity contribution in [3.05, 3.63) is 47.7 Å². The lowest BCUT2D eigenvalue weighted by Crippen LogP contribution is -2.31. The summed E-state index contributed by atoms with van der Waals surface area (Å²) in [5, 5.41) is 9.32. The van der Waals surface area contributed by atoms with Crippen molar-refractivity contribution in [3.63, 3.8) is 0 Å². The largest absolute Gasteiger partial charge is 0.481 e. The number of carbonyl (C=O) groups is 2. The molecule has 0 radical (unpaired) electrons. The van der Waals surface area contributed by atoms with Gasteiger partial charge >= 0.3 is 11.9 Å². The molecule has 6 nitrogen and oxygen atoms in total. The van der Waals surface area contributed by atoms with Gasteiger partial charge < -0.3 is 14.3 Å². The maximum absolute atomic E-state index is 11.9. The molecule has 0 spiro atoms. The number of furan rings is 1. The van der Waals surface area contributed by atoms with E-state index in [1.807, 2.05) is 24.3 Å². The molecule has 1 aromatic heterocycles. The fourth-order valence-corrected chi connectivity index (χ4v) is 3.18. The predicted octanol–water partition coefficient (Wildman–Crippen LogP) is 3.03. The van der Waals surface area contributed by atoms with Crippen molar-refractivity contribution in [1.29, 1.82) is 0 Å². The summed E-state index contributed by atoms with van der Waals surface area (Å²) in [5.74, 6) is 0.160. The molecule has 1 aromatic carbocycles. The van der Waals surface area contributed by atoms with E-state index in [2.05, 4.69) is 4.90 Å². The van der Waals surface area contributed by atoms with E-state index in [-0.39, 0.29) is 0 Å². The lowest BCUT2D eigenvalue weighted by atomic mass is 9.90. The van der Waals surface area contributed by atoms with Gasteiger partial charge in [0.25, 0.3) is 0 Å². The highest BCUT2D eigenvalue weighted by atomic mass is 16.5. The smallest absolute Gasteiger partial charge is 0.338 e. The first-order valence-corrected chi connectivity index (χ1v) is 8.15. The number of likely N-dealkylation sites (tertiary alicyclic amines) is 1. The predicted molar refractivity (Wildman–Crippen MR) is 91.1 cm³/mol. The molecule has 132 valence electrons. The normalized spacial score (nSPS) is 20.6. The van der Waals surface area contributed by atoms with Crippen LogP contribution in [0.4, 0.5) is 0 Å². The number of carbonyl (C=O) groups excluding carboxylic acids is 1. The molecule has 0 amide bonds. The first kappa shape index (κ1) is 17.2. The van der Waals surface area contributed by atoms with Gasteiger partial charge in [0.05, 0.1) is 24.6 Å². The van der Waals surface area contributed by atoms with E-state index in [0.717, 1.165) is 12.3 Å². The molecule has 1 atom stereocenters. The Balaban J connectivity index is 1.76. The minimum atomic E-state index is -0.762. The van der Waals surface area contributed by atoms with Gasteiger partial charge in [-0.2, -0.15) is 0 Å². The van der Waals surface area contributed by atoms with Crippen LogP contribution in [0.1, 0.15) is 29.5 Å². The van der Waals surface area contributed by atoms with Crippen molar-refractivity contribution >= 4 is 11.9 Å². The molecule has 1 fully saturated rings. The molecule has 3 rings (SSSR count). The monoisotopic (exact) mass is 343 g/mol. The molecule has 1 N–H and O–H groups in total. The molecule has 2 aromatic rings. The number of nitrogens with zero attached hydrogens (tertiary/aromatic N) is 1. The minimum absolute atomic E-state index is 0.412. The summed E-state index contributed by atoms with van der Waals surface area (Å²) in [6.45, 7) is 3.54. The Morgan fingerprint density at radius 1 is 1.28 bits per heavy atom. The SMILES string of the molecule is COC(=O)c1ccccc1-c1ccc(CN2CCC(C)(C(=O)O)C2)o1. The molecule has 0 aliphatic carbocycles. The van der Waals surface area contributed by atoms with E-state index in [9.17, 15) is 14.7 Å². The highest BCUT2D eigenvalue weighted by molar-refractivity contribution is 5.96. The van der Waals surface area contributed by atoms with Crippen LogP contribution >= 0.6 is 0 Å². The van der Waals surface area contributed by atoms with Gasteiger partial charge in [0.2, 0.25) is 0 Å². The van der Waals surface area contributed by atoms with Crippen LogP contribution < -0.4 is 0 Å². The van der Waals surface area contributed by atoms with Crippen molar-refractivity contribution in [2.24, 2.45) is 5.41 Å². The summed E-state index contributed by atoms with van der Waals surface area (Å²) in [6.07, 6.45) is 0.626. The summed E-state index contributed by atoms with van der Waals surface area (Å²) in [5.41, 5.74) is 0.426. The third-order valence-electron chi connectivity index (χ3n) is 4.71. The highest BCUT2D eigenvalue weighted by Gasteiger charge is 2.40. The van der Waals surface area contributed by atoms with Crippen LogP contribution in [0, 0.1) is 5.41 Å². The molecule has 25 heavy (non-hydrogen) atoms. The van der Waals surface area contributed by atoms with Gasteiger partial charge in [0.1, 0.15) is 11.5 Å². The fourth-order valence-electron chi connectivity index (χ4n) is 3.18. The summed E-state index contributed by atoms with van der Waals surface area (Å²) in [7, 11) is 1.35. The van der Waals surface area contributed by atoms with Crippen LogP contribution in [0.25, 0.3) is 11.3 Å². The van der Waals surface area contributed by atoms with Crippen LogP contribution in [-0.4, -0.2) is 42.1 Å². The average molecular weight is 343 g/mol. The average Bonchev–Trinajstić information content (AvgIpc) is 3.22. The van der Waals surface area contributed by atoms with Gasteiger partial charge in [-0.3, -0.25) is 9.69 Å². The maximum atomic E-state index is 11.9. The van der Waals surface area contributed by atoms with Crippen LogP contribution in [0.2, 0.25) is 0 Å². The first-order chi connectivity index (χ1) is 11.9. The molecule has 1 saturated heterocycles. The fraction of sp³-hybridized carbons (Fsp3) is 0.368. The van der Waals surface area contributed by atoms with Crippen molar-refractivity contribution in [1.82, 2.24) is 4.90 Å². The van der Waals surface area contributed by atoms with Crippen molar-refractivity contribution in [3.8, 4) is 11.3 Å². The molecule has 0 bridgehead atoms. The van der Waals surface area contributed by atoms with E-state index >= 15 is 0 Å². The number of benzene rings is 1. The molecule has 6 heteroatoms. The zero-order valence-corrected chi connectivity index (χ0v) is 14.3. The van der Waals surface area contributed by atoms with Gasteiger partial charge in [0.15, 0.2) is 0 Å². The molecule has 1 aliphatic heterocycles. The molecule has 0 saturated carbocycles. The number of carboxylic acids is 1. The Labute approximate surface area is 146 Å². The van der Waals surface area contributed by atoms with Crippen molar-refractivity contribution < 1.29 is 23.8 Å². The van der Waals surface area contributed by atoms with E-state index in [1.54, 1.807) is 19.1 Å². The van der Waals surface area contributed by atoms with Crippen molar-refractivity contribution in [2.75, 3.05) is 20.2 Å². The Bertz CT molecular complexity index is 797. The van der Waals surface area contributed by atoms with E-state index < -0.39 is 17.4 Å². The molecule has 1 aliphatic rings. The quantitative estimate of drug-likeness (QED) is 0.841. The van der Waals surface area contributed by atoms with E-state index in [1.165, 1.54) is 7.11 Å². The third kappa shape index (κ3) is 3.44. The Morgan fingerprint density at radius 2 is 2.04 bits per heavy atom. The van der Waals surface area contributed by atoms with E-state index in [0.29, 0.717) is 36.4 Å². The van der Waals surface area contributed by atoms with Crippen LogP contribution in [0.5, 0.6) is 0 Å². The number of methoxy groups -OCH3 is 1. The topological polar surface area (TPSA) is 80.0 Å². The zero-order valence-electron chi connectivity index (χ0n) is 14.3. The first-order valence-electron chi connectivity index (χ1n) is 8.15. The van der Waals surface area contributed by atoms with Crippen molar-refractivity contribution in [2.45, 2.75) is 19.9 Å². The molecule has 1 unspecified atom stereocenters. The van der Waals surface area contributed by atoms with E-state index in [4.69, 9.17) is 9.15 Å².